The Bertz CT molecular complexity index is 820. The summed E-state index contributed by atoms with van der Waals surface area (Å²) in [5.74, 6) is -1.58. The van der Waals surface area contributed by atoms with E-state index >= 15 is 0 Å². The average molecular weight is 349 g/mol. The van der Waals surface area contributed by atoms with Gasteiger partial charge in [-0.1, -0.05) is 17.7 Å². The van der Waals surface area contributed by atoms with Gasteiger partial charge in [-0.25, -0.2) is 4.79 Å². The molecule has 0 saturated carbocycles. The first-order valence-corrected chi connectivity index (χ1v) is 7.26. The predicted molar refractivity (Wildman–Crippen MR) is 82.7 cm³/mol. The zero-order valence-corrected chi connectivity index (χ0v) is 13.0. The zero-order valence-electron chi connectivity index (χ0n) is 13.0. The van der Waals surface area contributed by atoms with Gasteiger partial charge in [0.15, 0.2) is 18.1 Å². The summed E-state index contributed by atoms with van der Waals surface area (Å²) in [5.41, 5.74) is 1.52. The largest absolute Gasteiger partial charge is 0.586 e. The molecule has 0 saturated heterocycles. The number of fused-ring (bicyclic) bond motifs is 1. The van der Waals surface area contributed by atoms with E-state index in [1.54, 1.807) is 24.3 Å². The van der Waals surface area contributed by atoms with Gasteiger partial charge in [0.05, 0.1) is 5.56 Å². The third kappa shape index (κ3) is 4.03. The number of amides is 1. The molecule has 8 heteroatoms. The van der Waals surface area contributed by atoms with Gasteiger partial charge in [-0.2, -0.15) is 0 Å². The number of carbonyl (C=O) groups excluding carboxylic acids is 2. The Morgan fingerprint density at radius 3 is 2.48 bits per heavy atom. The molecule has 1 amide bonds. The number of alkyl halides is 2. The molecular weight excluding hydrogens is 336 g/mol. The van der Waals surface area contributed by atoms with E-state index in [-0.39, 0.29) is 17.2 Å². The van der Waals surface area contributed by atoms with Crippen molar-refractivity contribution < 1.29 is 32.6 Å². The maximum absolute atomic E-state index is 12.9. The summed E-state index contributed by atoms with van der Waals surface area (Å²) in [6.45, 7) is 1.36. The van der Waals surface area contributed by atoms with Crippen molar-refractivity contribution >= 4 is 17.6 Å². The van der Waals surface area contributed by atoms with E-state index in [1.807, 2.05) is 6.92 Å². The monoisotopic (exact) mass is 349 g/mol. The standard InChI is InChI=1S/C17H13F2NO5/c1-10-2-4-11(5-3-10)16(22)23-9-15(21)20-12-6-7-13-14(8-12)25-17(18,19)24-13/h2-8H,9H2,1H3,(H,20,21). The fourth-order valence-corrected chi connectivity index (χ4v) is 2.13. The molecule has 130 valence electrons. The van der Waals surface area contributed by atoms with E-state index in [9.17, 15) is 18.4 Å². The molecule has 1 heterocycles. The fraction of sp³-hybridized carbons (Fsp3) is 0.176. The lowest BCUT2D eigenvalue weighted by Crippen LogP contribution is -2.25. The molecule has 3 rings (SSSR count). The Balaban J connectivity index is 1.55. The molecule has 1 aliphatic heterocycles. The number of nitrogens with one attached hydrogen (secondary N) is 1. The highest BCUT2D eigenvalue weighted by Gasteiger charge is 2.43. The Morgan fingerprint density at radius 1 is 1.08 bits per heavy atom. The molecule has 0 spiro atoms. The molecule has 0 unspecified atom stereocenters. The number of ether oxygens (including phenoxy) is 3. The molecule has 1 aliphatic rings. The molecular formula is C17H13F2NO5. The molecule has 0 bridgehead atoms. The smallest absolute Gasteiger partial charge is 0.452 e. The topological polar surface area (TPSA) is 73.9 Å². The molecule has 0 atom stereocenters. The minimum absolute atomic E-state index is 0.131. The molecule has 6 nitrogen and oxygen atoms in total. The third-order valence-corrected chi connectivity index (χ3v) is 3.31. The highest BCUT2D eigenvalue weighted by molar-refractivity contribution is 5.95. The van der Waals surface area contributed by atoms with Crippen LogP contribution in [0.2, 0.25) is 0 Å². The van der Waals surface area contributed by atoms with E-state index in [4.69, 9.17) is 4.74 Å². The summed E-state index contributed by atoms with van der Waals surface area (Å²) in [4.78, 5) is 23.6. The minimum Gasteiger partial charge on any atom is -0.452 e. The second-order valence-corrected chi connectivity index (χ2v) is 5.32. The van der Waals surface area contributed by atoms with Crippen LogP contribution >= 0.6 is 0 Å². The minimum atomic E-state index is -3.73. The predicted octanol–water partition coefficient (Wildman–Crippen LogP) is 3.11. The number of anilines is 1. The zero-order chi connectivity index (χ0) is 18.0. The van der Waals surface area contributed by atoms with Crippen LogP contribution in [0.4, 0.5) is 14.5 Å². The van der Waals surface area contributed by atoms with Crippen molar-refractivity contribution in [3.63, 3.8) is 0 Å². The Hall–Kier alpha value is -3.16. The van der Waals surface area contributed by atoms with Crippen molar-refractivity contribution in [3.8, 4) is 11.5 Å². The van der Waals surface area contributed by atoms with Gasteiger partial charge in [0.25, 0.3) is 5.91 Å². The van der Waals surface area contributed by atoms with Crippen LogP contribution in [-0.2, 0) is 9.53 Å². The second kappa shape index (κ2) is 6.39. The van der Waals surface area contributed by atoms with Gasteiger partial charge in [-0.05, 0) is 31.2 Å². The van der Waals surface area contributed by atoms with Crippen LogP contribution in [0.3, 0.4) is 0 Å². The van der Waals surface area contributed by atoms with Crippen molar-refractivity contribution in [2.75, 3.05) is 11.9 Å². The number of carbonyl (C=O) groups is 2. The molecule has 1 N–H and O–H groups in total. The molecule has 0 aromatic heterocycles. The van der Waals surface area contributed by atoms with Crippen molar-refractivity contribution in [1.82, 2.24) is 0 Å². The first kappa shape index (κ1) is 16.7. The lowest BCUT2D eigenvalue weighted by Gasteiger charge is -2.07. The van der Waals surface area contributed by atoms with Gasteiger partial charge < -0.3 is 19.5 Å². The van der Waals surface area contributed by atoms with E-state index < -0.39 is 24.8 Å². The van der Waals surface area contributed by atoms with Crippen molar-refractivity contribution in [2.24, 2.45) is 0 Å². The molecule has 2 aromatic rings. The summed E-state index contributed by atoms with van der Waals surface area (Å²) >= 11 is 0. The first-order chi connectivity index (χ1) is 11.8. The van der Waals surface area contributed by atoms with Crippen molar-refractivity contribution in [1.29, 1.82) is 0 Å². The van der Waals surface area contributed by atoms with Crippen molar-refractivity contribution in [3.05, 3.63) is 53.6 Å². The highest BCUT2D eigenvalue weighted by atomic mass is 19.3. The maximum Gasteiger partial charge on any atom is 0.586 e. The van der Waals surface area contributed by atoms with Crippen LogP contribution in [0.15, 0.2) is 42.5 Å². The number of rotatable bonds is 4. The van der Waals surface area contributed by atoms with Crippen LogP contribution in [0.25, 0.3) is 0 Å². The normalized spacial score (nSPS) is 14.0. The maximum atomic E-state index is 12.9. The van der Waals surface area contributed by atoms with E-state index in [1.165, 1.54) is 18.2 Å². The van der Waals surface area contributed by atoms with Crippen LogP contribution in [0.5, 0.6) is 11.5 Å². The van der Waals surface area contributed by atoms with Gasteiger partial charge in [0.1, 0.15) is 0 Å². The third-order valence-electron chi connectivity index (χ3n) is 3.31. The van der Waals surface area contributed by atoms with Crippen LogP contribution in [0.1, 0.15) is 15.9 Å². The summed E-state index contributed by atoms with van der Waals surface area (Å²) in [6, 6.07) is 10.5. The van der Waals surface area contributed by atoms with Gasteiger partial charge in [0.2, 0.25) is 0 Å². The van der Waals surface area contributed by atoms with Crippen molar-refractivity contribution in [2.45, 2.75) is 13.2 Å². The molecule has 0 aliphatic carbocycles. The van der Waals surface area contributed by atoms with Crippen LogP contribution in [0, 0.1) is 6.92 Å². The van der Waals surface area contributed by atoms with Gasteiger partial charge in [-0.3, -0.25) is 4.79 Å². The number of esters is 1. The molecule has 0 radical (unpaired) electrons. The van der Waals surface area contributed by atoms with E-state index in [2.05, 4.69) is 14.8 Å². The number of hydrogen-bond donors (Lipinski definition) is 1. The Kier molecular flexibility index (Phi) is 4.26. The number of halogens is 2. The summed E-state index contributed by atoms with van der Waals surface area (Å²) < 4.78 is 39.3. The van der Waals surface area contributed by atoms with Crippen LogP contribution in [-0.4, -0.2) is 24.8 Å². The Labute approximate surface area is 141 Å². The average Bonchev–Trinajstić information content (AvgIpc) is 2.86. The highest BCUT2D eigenvalue weighted by Crippen LogP contribution is 2.42. The van der Waals surface area contributed by atoms with Gasteiger partial charge in [-0.15, -0.1) is 8.78 Å². The lowest BCUT2D eigenvalue weighted by atomic mass is 10.1. The van der Waals surface area contributed by atoms with Gasteiger partial charge in [0, 0.05) is 11.8 Å². The first-order valence-electron chi connectivity index (χ1n) is 7.26. The summed E-state index contributed by atoms with van der Waals surface area (Å²) in [7, 11) is 0. The number of benzene rings is 2. The number of aryl methyl sites for hydroxylation is 1. The molecule has 0 fully saturated rings. The molecule has 2 aromatic carbocycles. The SMILES string of the molecule is Cc1ccc(C(=O)OCC(=O)Nc2ccc3c(c2)OC(F)(F)O3)cc1. The fourth-order valence-electron chi connectivity index (χ4n) is 2.13. The number of hydrogen-bond acceptors (Lipinski definition) is 5. The quantitative estimate of drug-likeness (QED) is 0.859. The summed E-state index contributed by atoms with van der Waals surface area (Å²) in [5, 5.41) is 2.42. The molecule has 25 heavy (non-hydrogen) atoms. The van der Waals surface area contributed by atoms with Gasteiger partial charge >= 0.3 is 12.3 Å². The Morgan fingerprint density at radius 2 is 1.76 bits per heavy atom. The van der Waals surface area contributed by atoms with E-state index in [0.29, 0.717) is 5.56 Å². The van der Waals surface area contributed by atoms with E-state index in [0.717, 1.165) is 5.56 Å². The summed E-state index contributed by atoms with van der Waals surface area (Å²) in [6.07, 6.45) is -3.73. The van der Waals surface area contributed by atoms with Crippen LogP contribution < -0.4 is 14.8 Å². The second-order valence-electron chi connectivity index (χ2n) is 5.32. The lowest BCUT2D eigenvalue weighted by molar-refractivity contribution is -0.286.